The molecule has 1 aromatic heterocycles. The van der Waals surface area contributed by atoms with Crippen molar-refractivity contribution < 1.29 is 9.66 Å². The lowest BCUT2D eigenvalue weighted by molar-refractivity contribution is -0.384. The van der Waals surface area contributed by atoms with E-state index in [1.165, 1.54) is 13.2 Å². The van der Waals surface area contributed by atoms with Gasteiger partial charge in [0.25, 0.3) is 5.69 Å². The Morgan fingerprint density at radius 2 is 2.21 bits per heavy atom. The van der Waals surface area contributed by atoms with Gasteiger partial charge in [0.05, 0.1) is 30.3 Å². The van der Waals surface area contributed by atoms with E-state index in [4.69, 9.17) is 4.74 Å². The molecule has 1 aromatic carbocycles. The van der Waals surface area contributed by atoms with Crippen molar-refractivity contribution in [3.63, 3.8) is 0 Å². The van der Waals surface area contributed by atoms with Crippen LogP contribution in [0.1, 0.15) is 5.69 Å². The average molecular weight is 259 g/mol. The number of nitrogens with one attached hydrogen (secondary N) is 1. The van der Waals surface area contributed by atoms with Gasteiger partial charge in [0.2, 0.25) is 0 Å². The summed E-state index contributed by atoms with van der Waals surface area (Å²) in [7, 11) is 1.47. The maximum absolute atomic E-state index is 11.0. The van der Waals surface area contributed by atoms with Crippen molar-refractivity contribution >= 4 is 11.4 Å². The summed E-state index contributed by atoms with van der Waals surface area (Å²) in [6.07, 6.45) is 1.68. The maximum Gasteiger partial charge on any atom is 0.296 e. The minimum absolute atomic E-state index is 0.0183. The minimum atomic E-state index is -0.441. The first-order valence-corrected chi connectivity index (χ1v) is 5.67. The van der Waals surface area contributed by atoms with E-state index in [1.54, 1.807) is 18.3 Å². The van der Waals surface area contributed by atoms with Crippen LogP contribution in [0.2, 0.25) is 0 Å². The standard InChI is InChI=1S/C13H13N3O3/c1-19-11-5-6-12(13(8-11)16(17)18)15-9-10-4-2-3-7-14-10/h2-8,15H,9H2,1H3. The quantitative estimate of drug-likeness (QED) is 0.659. The molecule has 19 heavy (non-hydrogen) atoms. The molecule has 0 atom stereocenters. The molecule has 0 aliphatic rings. The fourth-order valence-electron chi connectivity index (χ4n) is 1.63. The highest BCUT2D eigenvalue weighted by Crippen LogP contribution is 2.29. The summed E-state index contributed by atoms with van der Waals surface area (Å²) in [6.45, 7) is 0.425. The Balaban J connectivity index is 2.18. The fourth-order valence-corrected chi connectivity index (χ4v) is 1.63. The normalized spacial score (nSPS) is 9.95. The molecule has 0 saturated carbocycles. The first-order chi connectivity index (χ1) is 9.20. The van der Waals surface area contributed by atoms with E-state index in [1.807, 2.05) is 18.2 Å². The lowest BCUT2D eigenvalue weighted by Crippen LogP contribution is -2.04. The van der Waals surface area contributed by atoms with Crippen molar-refractivity contribution in [3.8, 4) is 5.75 Å². The second-order valence-electron chi connectivity index (χ2n) is 3.81. The van der Waals surface area contributed by atoms with Crippen LogP contribution in [0.15, 0.2) is 42.6 Å². The average Bonchev–Trinajstić information content (AvgIpc) is 2.46. The third-order valence-corrected chi connectivity index (χ3v) is 2.59. The molecule has 0 saturated heterocycles. The second kappa shape index (κ2) is 5.81. The molecule has 2 rings (SSSR count). The Bertz CT molecular complexity index is 573. The highest BCUT2D eigenvalue weighted by Gasteiger charge is 2.14. The highest BCUT2D eigenvalue weighted by atomic mass is 16.6. The van der Waals surface area contributed by atoms with Gasteiger partial charge in [-0.3, -0.25) is 15.1 Å². The smallest absolute Gasteiger partial charge is 0.296 e. The molecule has 0 aliphatic heterocycles. The van der Waals surface area contributed by atoms with Gasteiger partial charge in [0, 0.05) is 6.20 Å². The number of benzene rings is 1. The Hall–Kier alpha value is -2.63. The van der Waals surface area contributed by atoms with Crippen molar-refractivity contribution in [1.82, 2.24) is 4.98 Å². The summed E-state index contributed by atoms with van der Waals surface area (Å²) in [6, 6.07) is 10.2. The number of hydrogen-bond donors (Lipinski definition) is 1. The molecule has 0 unspecified atom stereocenters. The van der Waals surface area contributed by atoms with E-state index in [9.17, 15) is 10.1 Å². The van der Waals surface area contributed by atoms with Crippen LogP contribution in [-0.4, -0.2) is 17.0 Å². The predicted octanol–water partition coefficient (Wildman–Crippen LogP) is 2.61. The molecule has 1 heterocycles. The molecular weight excluding hydrogens is 246 g/mol. The molecule has 6 heteroatoms. The minimum Gasteiger partial charge on any atom is -0.496 e. The van der Waals surface area contributed by atoms with Gasteiger partial charge in [-0.25, -0.2) is 0 Å². The lowest BCUT2D eigenvalue weighted by Gasteiger charge is -2.08. The molecule has 2 aromatic rings. The molecule has 0 fully saturated rings. The predicted molar refractivity (Wildman–Crippen MR) is 71.2 cm³/mol. The van der Waals surface area contributed by atoms with E-state index in [2.05, 4.69) is 10.3 Å². The molecular formula is C13H13N3O3. The highest BCUT2D eigenvalue weighted by molar-refractivity contribution is 5.63. The largest absolute Gasteiger partial charge is 0.496 e. The number of anilines is 1. The Morgan fingerprint density at radius 3 is 2.84 bits per heavy atom. The van der Waals surface area contributed by atoms with Crippen LogP contribution in [-0.2, 0) is 6.54 Å². The Morgan fingerprint density at radius 1 is 1.37 bits per heavy atom. The summed E-state index contributed by atoms with van der Waals surface area (Å²) in [5.74, 6) is 0.454. The van der Waals surface area contributed by atoms with Crippen LogP contribution in [0.3, 0.4) is 0 Å². The number of nitrogens with zero attached hydrogens (tertiary/aromatic N) is 2. The van der Waals surface area contributed by atoms with Gasteiger partial charge < -0.3 is 10.1 Å². The van der Waals surface area contributed by atoms with Crippen LogP contribution < -0.4 is 10.1 Å². The number of ether oxygens (including phenoxy) is 1. The number of aromatic nitrogens is 1. The van der Waals surface area contributed by atoms with E-state index in [0.29, 0.717) is 18.0 Å². The second-order valence-corrected chi connectivity index (χ2v) is 3.81. The zero-order chi connectivity index (χ0) is 13.7. The third-order valence-electron chi connectivity index (χ3n) is 2.59. The van der Waals surface area contributed by atoms with Crippen molar-refractivity contribution in [3.05, 3.63) is 58.4 Å². The van der Waals surface area contributed by atoms with Gasteiger partial charge in [-0.05, 0) is 24.3 Å². The molecule has 98 valence electrons. The van der Waals surface area contributed by atoms with Gasteiger partial charge in [0.1, 0.15) is 11.4 Å². The molecule has 0 bridgehead atoms. The van der Waals surface area contributed by atoms with Gasteiger partial charge >= 0.3 is 0 Å². The van der Waals surface area contributed by atoms with Crippen molar-refractivity contribution in [1.29, 1.82) is 0 Å². The number of nitro benzene ring substituents is 1. The number of rotatable bonds is 5. The third kappa shape index (κ3) is 3.19. The van der Waals surface area contributed by atoms with Crippen LogP contribution >= 0.6 is 0 Å². The number of methoxy groups -OCH3 is 1. The summed E-state index contributed by atoms with van der Waals surface area (Å²) in [4.78, 5) is 14.7. The summed E-state index contributed by atoms with van der Waals surface area (Å²) in [5.41, 5.74) is 1.24. The zero-order valence-corrected chi connectivity index (χ0v) is 10.4. The molecule has 1 N–H and O–H groups in total. The molecule has 6 nitrogen and oxygen atoms in total. The van der Waals surface area contributed by atoms with Crippen LogP contribution in [0.4, 0.5) is 11.4 Å². The number of nitro groups is 1. The van der Waals surface area contributed by atoms with Gasteiger partial charge in [-0.1, -0.05) is 6.07 Å². The van der Waals surface area contributed by atoms with Gasteiger partial charge in [0.15, 0.2) is 0 Å². The monoisotopic (exact) mass is 259 g/mol. The number of pyridine rings is 1. The topological polar surface area (TPSA) is 77.3 Å². The van der Waals surface area contributed by atoms with E-state index < -0.39 is 4.92 Å². The summed E-state index contributed by atoms with van der Waals surface area (Å²) < 4.78 is 4.98. The lowest BCUT2D eigenvalue weighted by atomic mass is 10.2. The van der Waals surface area contributed by atoms with Crippen LogP contribution in [0.25, 0.3) is 0 Å². The van der Waals surface area contributed by atoms with Crippen molar-refractivity contribution in [2.24, 2.45) is 0 Å². The number of hydrogen-bond acceptors (Lipinski definition) is 5. The van der Waals surface area contributed by atoms with Crippen LogP contribution in [0.5, 0.6) is 5.75 Å². The van der Waals surface area contributed by atoms with E-state index in [-0.39, 0.29) is 5.69 Å². The zero-order valence-electron chi connectivity index (χ0n) is 10.4. The Labute approximate surface area is 110 Å². The SMILES string of the molecule is COc1ccc(NCc2ccccn2)c([N+](=O)[O-])c1. The van der Waals surface area contributed by atoms with Crippen molar-refractivity contribution in [2.75, 3.05) is 12.4 Å². The van der Waals surface area contributed by atoms with E-state index >= 15 is 0 Å². The van der Waals surface area contributed by atoms with E-state index in [0.717, 1.165) is 5.69 Å². The summed E-state index contributed by atoms with van der Waals surface area (Å²) in [5, 5.41) is 14.0. The molecule has 0 radical (unpaired) electrons. The molecule has 0 spiro atoms. The first kappa shape index (κ1) is 12.8. The Kier molecular flexibility index (Phi) is 3.92. The van der Waals surface area contributed by atoms with Gasteiger partial charge in [-0.15, -0.1) is 0 Å². The van der Waals surface area contributed by atoms with Crippen molar-refractivity contribution in [2.45, 2.75) is 6.54 Å². The fraction of sp³-hybridized carbons (Fsp3) is 0.154. The van der Waals surface area contributed by atoms with Crippen LogP contribution in [0, 0.1) is 10.1 Å². The summed E-state index contributed by atoms with van der Waals surface area (Å²) >= 11 is 0. The first-order valence-electron chi connectivity index (χ1n) is 5.67. The molecule has 0 aliphatic carbocycles. The molecule has 0 amide bonds. The maximum atomic E-state index is 11.0. The van der Waals surface area contributed by atoms with Gasteiger partial charge in [-0.2, -0.15) is 0 Å².